The molecule has 1 aliphatic heterocycles. The van der Waals surface area contributed by atoms with Gasteiger partial charge >= 0.3 is 5.97 Å². The van der Waals surface area contributed by atoms with E-state index in [0.29, 0.717) is 24.3 Å². The van der Waals surface area contributed by atoms with Crippen molar-refractivity contribution in [1.82, 2.24) is 5.32 Å². The number of furan rings is 1. The predicted molar refractivity (Wildman–Crippen MR) is 41.7 cm³/mol. The Morgan fingerprint density at radius 1 is 1.62 bits per heavy atom. The van der Waals surface area contributed by atoms with E-state index in [2.05, 4.69) is 5.32 Å². The first-order valence-corrected chi connectivity index (χ1v) is 3.82. The first kappa shape index (κ1) is 7.85. The first-order valence-electron chi connectivity index (χ1n) is 3.82. The van der Waals surface area contributed by atoms with Crippen LogP contribution >= 0.6 is 0 Å². The second kappa shape index (κ2) is 2.62. The molecule has 0 atom stereocenters. The fourth-order valence-electron chi connectivity index (χ4n) is 1.30. The Bertz CT molecular complexity index is 379. The number of amides is 1. The molecule has 2 N–H and O–H groups in total. The summed E-state index contributed by atoms with van der Waals surface area (Å²) in [5.74, 6) is -1.14. The summed E-state index contributed by atoms with van der Waals surface area (Å²) in [4.78, 5) is 21.7. The topological polar surface area (TPSA) is 79.5 Å². The number of fused-ring (bicyclic) bond motifs is 1. The number of rotatable bonds is 1. The third-order valence-electron chi connectivity index (χ3n) is 1.90. The third-order valence-corrected chi connectivity index (χ3v) is 1.90. The summed E-state index contributed by atoms with van der Waals surface area (Å²) in [5.41, 5.74) is 0.337. The zero-order chi connectivity index (χ0) is 9.42. The van der Waals surface area contributed by atoms with Crippen molar-refractivity contribution in [2.24, 2.45) is 0 Å². The van der Waals surface area contributed by atoms with Crippen LogP contribution in [0, 0.1) is 0 Å². The summed E-state index contributed by atoms with van der Waals surface area (Å²) in [7, 11) is 0. The average Bonchev–Trinajstić information content (AvgIpc) is 2.49. The minimum absolute atomic E-state index is 0.179. The fraction of sp³-hybridized carbons (Fsp3) is 0.250. The van der Waals surface area contributed by atoms with Gasteiger partial charge in [0.1, 0.15) is 5.76 Å². The van der Waals surface area contributed by atoms with Crippen LogP contribution in [0.5, 0.6) is 0 Å². The standard InChI is InChI=1S/C8H7NO4/c10-7-4-3-6(8(11)12)13-5(4)1-2-9-7/h3H,1-2H2,(H,9,10)(H,11,12). The van der Waals surface area contributed by atoms with Gasteiger partial charge in [-0.15, -0.1) is 0 Å². The minimum Gasteiger partial charge on any atom is -0.475 e. The summed E-state index contributed by atoms with van der Waals surface area (Å²) in [5, 5.41) is 11.2. The molecule has 5 heteroatoms. The largest absolute Gasteiger partial charge is 0.475 e. The lowest BCUT2D eigenvalue weighted by Crippen LogP contribution is -2.30. The molecule has 0 saturated carbocycles. The molecule has 0 aliphatic carbocycles. The van der Waals surface area contributed by atoms with Crippen LogP contribution in [0.15, 0.2) is 10.5 Å². The number of hydrogen-bond acceptors (Lipinski definition) is 3. The van der Waals surface area contributed by atoms with Gasteiger partial charge < -0.3 is 14.8 Å². The Hall–Kier alpha value is -1.78. The van der Waals surface area contributed by atoms with E-state index in [1.807, 2.05) is 0 Å². The van der Waals surface area contributed by atoms with E-state index < -0.39 is 5.97 Å². The second-order valence-electron chi connectivity index (χ2n) is 2.76. The number of aromatic carboxylic acids is 1. The van der Waals surface area contributed by atoms with Gasteiger partial charge in [0.15, 0.2) is 0 Å². The normalized spacial score (nSPS) is 14.9. The molecule has 0 fully saturated rings. The summed E-state index contributed by atoms with van der Waals surface area (Å²) >= 11 is 0. The third kappa shape index (κ3) is 1.18. The molecule has 1 aromatic rings. The summed E-state index contributed by atoms with van der Waals surface area (Å²) < 4.78 is 4.98. The highest BCUT2D eigenvalue weighted by atomic mass is 16.4. The molecule has 68 valence electrons. The highest BCUT2D eigenvalue weighted by Crippen LogP contribution is 2.18. The zero-order valence-electron chi connectivity index (χ0n) is 6.66. The van der Waals surface area contributed by atoms with Gasteiger partial charge in [0.25, 0.3) is 5.91 Å². The van der Waals surface area contributed by atoms with E-state index in [4.69, 9.17) is 9.52 Å². The Labute approximate surface area is 73.3 Å². The fourth-order valence-corrected chi connectivity index (χ4v) is 1.30. The van der Waals surface area contributed by atoms with Crippen molar-refractivity contribution in [2.75, 3.05) is 6.54 Å². The van der Waals surface area contributed by atoms with E-state index in [-0.39, 0.29) is 11.7 Å². The lowest BCUT2D eigenvalue weighted by atomic mass is 10.1. The van der Waals surface area contributed by atoms with E-state index in [1.54, 1.807) is 0 Å². The van der Waals surface area contributed by atoms with Crippen molar-refractivity contribution >= 4 is 11.9 Å². The van der Waals surface area contributed by atoms with Crippen molar-refractivity contribution in [3.63, 3.8) is 0 Å². The van der Waals surface area contributed by atoms with Gasteiger partial charge in [-0.1, -0.05) is 0 Å². The summed E-state index contributed by atoms with van der Waals surface area (Å²) in [6, 6.07) is 1.26. The summed E-state index contributed by atoms with van der Waals surface area (Å²) in [6.45, 7) is 0.498. The van der Waals surface area contributed by atoms with Crippen molar-refractivity contribution in [2.45, 2.75) is 6.42 Å². The van der Waals surface area contributed by atoms with Gasteiger partial charge in [-0.2, -0.15) is 0 Å². The predicted octanol–water partition coefficient (Wildman–Crippen LogP) is 0.264. The molecule has 13 heavy (non-hydrogen) atoms. The number of carboxylic acids is 1. The molecule has 0 bridgehead atoms. The van der Waals surface area contributed by atoms with Crippen LogP contribution in [0.2, 0.25) is 0 Å². The molecular formula is C8H7NO4. The SMILES string of the molecule is O=C(O)c1cc2c(o1)CCNC2=O. The molecule has 0 saturated heterocycles. The molecule has 0 spiro atoms. The van der Waals surface area contributed by atoms with Gasteiger partial charge in [0.05, 0.1) is 5.56 Å². The van der Waals surface area contributed by atoms with Crippen molar-refractivity contribution in [3.05, 3.63) is 23.2 Å². The van der Waals surface area contributed by atoms with Crippen LogP contribution in [0.25, 0.3) is 0 Å². The average molecular weight is 181 g/mol. The van der Waals surface area contributed by atoms with E-state index >= 15 is 0 Å². The number of hydrogen-bond donors (Lipinski definition) is 2. The molecule has 1 amide bonds. The van der Waals surface area contributed by atoms with Crippen LogP contribution < -0.4 is 5.32 Å². The first-order chi connectivity index (χ1) is 6.18. The minimum atomic E-state index is -1.15. The Balaban J connectivity index is 2.48. The Kier molecular flexibility index (Phi) is 1.58. The molecule has 0 aromatic carbocycles. The quantitative estimate of drug-likeness (QED) is 0.651. The highest BCUT2D eigenvalue weighted by molar-refractivity contribution is 5.98. The lowest BCUT2D eigenvalue weighted by molar-refractivity contribution is 0.0659. The maximum atomic E-state index is 11.2. The van der Waals surface area contributed by atoms with Crippen molar-refractivity contribution in [3.8, 4) is 0 Å². The van der Waals surface area contributed by atoms with Gasteiger partial charge in [-0.3, -0.25) is 4.79 Å². The second-order valence-corrected chi connectivity index (χ2v) is 2.76. The number of carbonyl (C=O) groups excluding carboxylic acids is 1. The van der Waals surface area contributed by atoms with Crippen LogP contribution in [0.3, 0.4) is 0 Å². The smallest absolute Gasteiger partial charge is 0.371 e. The van der Waals surface area contributed by atoms with Crippen LogP contribution in [-0.4, -0.2) is 23.5 Å². The molecule has 0 unspecified atom stereocenters. The molecular weight excluding hydrogens is 174 g/mol. The molecule has 2 rings (SSSR count). The monoisotopic (exact) mass is 181 g/mol. The zero-order valence-corrected chi connectivity index (χ0v) is 6.66. The molecule has 0 radical (unpaired) electrons. The number of carbonyl (C=O) groups is 2. The van der Waals surface area contributed by atoms with E-state index in [0.717, 1.165) is 0 Å². The van der Waals surface area contributed by atoms with Crippen molar-refractivity contribution in [1.29, 1.82) is 0 Å². The van der Waals surface area contributed by atoms with E-state index in [9.17, 15) is 9.59 Å². The lowest BCUT2D eigenvalue weighted by Gasteiger charge is -2.09. The van der Waals surface area contributed by atoms with E-state index in [1.165, 1.54) is 6.07 Å². The number of nitrogens with one attached hydrogen (secondary N) is 1. The summed E-state index contributed by atoms with van der Waals surface area (Å²) in [6.07, 6.45) is 0.550. The maximum Gasteiger partial charge on any atom is 0.371 e. The molecule has 1 aromatic heterocycles. The van der Waals surface area contributed by atoms with Crippen molar-refractivity contribution < 1.29 is 19.1 Å². The highest BCUT2D eigenvalue weighted by Gasteiger charge is 2.23. The molecule has 1 aliphatic rings. The maximum absolute atomic E-state index is 11.2. The molecule has 5 nitrogen and oxygen atoms in total. The van der Waals surface area contributed by atoms with Gasteiger partial charge in [-0.25, -0.2) is 4.79 Å². The van der Waals surface area contributed by atoms with Gasteiger partial charge in [0.2, 0.25) is 5.76 Å². The van der Waals surface area contributed by atoms with Crippen LogP contribution in [0.1, 0.15) is 26.7 Å². The van der Waals surface area contributed by atoms with Gasteiger partial charge in [0, 0.05) is 19.0 Å². The van der Waals surface area contributed by atoms with Crippen LogP contribution in [-0.2, 0) is 6.42 Å². The Morgan fingerprint density at radius 2 is 2.38 bits per heavy atom. The van der Waals surface area contributed by atoms with Crippen LogP contribution in [0.4, 0.5) is 0 Å². The molecule has 2 heterocycles. The van der Waals surface area contributed by atoms with Gasteiger partial charge in [-0.05, 0) is 0 Å². The number of carboxylic acid groups (broad SMARTS) is 1. The Morgan fingerprint density at radius 3 is 3.00 bits per heavy atom.